The summed E-state index contributed by atoms with van der Waals surface area (Å²) >= 11 is 0. The Hall–Kier alpha value is -1.45. The molecule has 0 aromatic heterocycles. The maximum Gasteiger partial charge on any atom is 1.00 e. The van der Waals surface area contributed by atoms with Crippen molar-refractivity contribution in [2.24, 2.45) is 10.2 Å². The van der Waals surface area contributed by atoms with E-state index < -0.39 is 15.0 Å². The van der Waals surface area contributed by atoms with Crippen molar-refractivity contribution >= 4 is 32.9 Å². The van der Waals surface area contributed by atoms with Gasteiger partial charge in [-0.05, 0) is 24.3 Å². The average Bonchev–Trinajstić information content (AvgIpc) is 2.37. The molecular weight excluding hydrogens is 303 g/mol. The molecule has 7 nitrogen and oxygen atoms in total. The quantitative estimate of drug-likeness (QED) is 0.330. The number of benzene rings is 2. The molecule has 0 atom stereocenters. The molecule has 0 aliphatic rings. The van der Waals surface area contributed by atoms with Gasteiger partial charge >= 0.3 is 29.6 Å². The molecule has 0 radical (unpaired) electrons. The van der Waals surface area contributed by atoms with Crippen LogP contribution in [0.15, 0.2) is 57.6 Å². The fourth-order valence-electron chi connectivity index (χ4n) is 1.51. The van der Waals surface area contributed by atoms with Gasteiger partial charge in [-0.25, -0.2) is 8.42 Å². The molecule has 0 unspecified atom stereocenters. The predicted octanol–water partition coefficient (Wildman–Crippen LogP) is -0.826. The zero-order valence-electron chi connectivity index (χ0n) is 11.2. The number of nitrogens with two attached hydrogens (primary N) is 2. The van der Waals surface area contributed by atoms with Crippen molar-refractivity contribution in [3.8, 4) is 0 Å². The molecule has 0 spiro atoms. The van der Waals surface area contributed by atoms with Crippen LogP contribution in [-0.4, -0.2) is 13.0 Å². The largest absolute Gasteiger partial charge is 1.00 e. The second-order valence-electron chi connectivity index (χ2n) is 3.94. The summed E-state index contributed by atoms with van der Waals surface area (Å²) in [4.78, 5) is -0.561. The molecule has 0 bridgehead atoms. The molecule has 4 N–H and O–H groups in total. The summed E-state index contributed by atoms with van der Waals surface area (Å²) in [7, 11) is -4.69. The van der Waals surface area contributed by atoms with Crippen molar-refractivity contribution in [3.63, 3.8) is 0 Å². The van der Waals surface area contributed by atoms with Gasteiger partial charge in [0, 0.05) is 0 Å². The van der Waals surface area contributed by atoms with Crippen LogP contribution in [0.3, 0.4) is 0 Å². The fourth-order valence-corrected chi connectivity index (χ4v) is 2.12. The van der Waals surface area contributed by atoms with Gasteiger partial charge in [0.25, 0.3) is 0 Å². The Kier molecular flexibility index (Phi) is 5.87. The number of nitrogens with zero attached hydrogens (tertiary/aromatic N) is 2. The van der Waals surface area contributed by atoms with E-state index in [-0.39, 0.29) is 46.6 Å². The third-order valence-corrected chi connectivity index (χ3v) is 3.35. The molecule has 0 heterocycles. The first-order valence-electron chi connectivity index (χ1n) is 5.49. The fraction of sp³-hybridized carbons (Fsp3) is 0. The molecule has 0 aliphatic heterocycles. The van der Waals surface area contributed by atoms with Crippen LogP contribution in [0.2, 0.25) is 0 Å². The summed E-state index contributed by atoms with van der Waals surface area (Å²) in [5.41, 5.74) is 11.7. The van der Waals surface area contributed by atoms with Crippen LogP contribution in [-0.2, 0) is 10.1 Å². The summed E-state index contributed by atoms with van der Waals surface area (Å²) in [5.74, 6) is 0. The molecule has 2 rings (SSSR count). The Morgan fingerprint density at radius 2 is 1.57 bits per heavy atom. The molecule has 0 aliphatic carbocycles. The second kappa shape index (κ2) is 7.01. The van der Waals surface area contributed by atoms with E-state index in [2.05, 4.69) is 10.2 Å². The standard InChI is InChI=1S/C12H12N4O3S.Na/c13-9-6-10(14)12(20(17,18)19)7-11(9)16-15-8-4-2-1-3-5-8;/h1-7H,13-14H2,(H,17,18,19);/q;+1/p-1. The summed E-state index contributed by atoms with van der Waals surface area (Å²) in [6.07, 6.45) is 0. The molecule has 104 valence electrons. The second-order valence-corrected chi connectivity index (χ2v) is 5.29. The minimum Gasteiger partial charge on any atom is -0.744 e. The Morgan fingerprint density at radius 1 is 0.952 bits per heavy atom. The van der Waals surface area contributed by atoms with E-state index in [4.69, 9.17) is 11.5 Å². The molecule has 0 amide bonds. The SMILES string of the molecule is Nc1cc(N)c(S(=O)(=O)[O-])cc1N=Nc1ccccc1.[Na+]. The van der Waals surface area contributed by atoms with Crippen LogP contribution in [0.25, 0.3) is 0 Å². The van der Waals surface area contributed by atoms with Gasteiger partial charge in [0.1, 0.15) is 15.8 Å². The first kappa shape index (κ1) is 17.6. The zero-order valence-corrected chi connectivity index (χ0v) is 14.0. The van der Waals surface area contributed by atoms with Gasteiger partial charge in [0.15, 0.2) is 0 Å². The monoisotopic (exact) mass is 314 g/mol. The third kappa shape index (κ3) is 4.51. The zero-order chi connectivity index (χ0) is 14.8. The van der Waals surface area contributed by atoms with Crippen LogP contribution >= 0.6 is 0 Å². The van der Waals surface area contributed by atoms with Crippen molar-refractivity contribution in [2.45, 2.75) is 4.90 Å². The topological polar surface area (TPSA) is 134 Å². The number of nitrogen functional groups attached to an aromatic ring is 2. The van der Waals surface area contributed by atoms with Crippen molar-refractivity contribution in [1.29, 1.82) is 0 Å². The number of anilines is 2. The van der Waals surface area contributed by atoms with E-state index in [9.17, 15) is 13.0 Å². The van der Waals surface area contributed by atoms with E-state index >= 15 is 0 Å². The van der Waals surface area contributed by atoms with Gasteiger partial charge in [0.2, 0.25) is 0 Å². The minimum atomic E-state index is -4.69. The minimum absolute atomic E-state index is 0. The summed E-state index contributed by atoms with van der Waals surface area (Å²) in [6, 6.07) is 11.0. The van der Waals surface area contributed by atoms with Crippen molar-refractivity contribution in [1.82, 2.24) is 0 Å². The maximum atomic E-state index is 11.0. The van der Waals surface area contributed by atoms with Gasteiger partial charge in [-0.2, -0.15) is 5.11 Å². The molecular formula is C12H11N4NaO3S. The Balaban J connectivity index is 0.00000220. The van der Waals surface area contributed by atoms with E-state index in [1.165, 1.54) is 6.07 Å². The molecule has 0 saturated carbocycles. The number of rotatable bonds is 3. The van der Waals surface area contributed by atoms with E-state index in [0.29, 0.717) is 5.69 Å². The molecule has 0 saturated heterocycles. The summed E-state index contributed by atoms with van der Waals surface area (Å²) in [5, 5.41) is 7.73. The molecule has 2 aromatic rings. The molecule has 21 heavy (non-hydrogen) atoms. The van der Waals surface area contributed by atoms with Gasteiger partial charge in [-0.1, -0.05) is 18.2 Å². The van der Waals surface area contributed by atoms with Crippen molar-refractivity contribution in [2.75, 3.05) is 11.5 Å². The molecule has 0 fully saturated rings. The Bertz CT molecular complexity index is 764. The third-order valence-electron chi connectivity index (χ3n) is 2.46. The van der Waals surface area contributed by atoms with Crippen LogP contribution in [0.4, 0.5) is 22.7 Å². The van der Waals surface area contributed by atoms with Gasteiger partial charge in [0.05, 0.1) is 22.0 Å². The molecule has 2 aromatic carbocycles. The van der Waals surface area contributed by atoms with Crippen LogP contribution in [0.5, 0.6) is 0 Å². The van der Waals surface area contributed by atoms with Gasteiger partial charge in [-0.15, -0.1) is 5.11 Å². The number of hydrogen-bond donors (Lipinski definition) is 2. The van der Waals surface area contributed by atoms with Crippen LogP contribution in [0, 0.1) is 0 Å². The Morgan fingerprint density at radius 3 is 2.14 bits per heavy atom. The predicted molar refractivity (Wildman–Crippen MR) is 73.8 cm³/mol. The van der Waals surface area contributed by atoms with Crippen LogP contribution < -0.4 is 41.0 Å². The smallest absolute Gasteiger partial charge is 0.744 e. The Labute approximate surface area is 144 Å². The maximum absolute atomic E-state index is 11.0. The van der Waals surface area contributed by atoms with E-state index in [1.54, 1.807) is 24.3 Å². The normalized spacial score (nSPS) is 11.3. The van der Waals surface area contributed by atoms with E-state index in [0.717, 1.165) is 6.07 Å². The average molecular weight is 314 g/mol. The van der Waals surface area contributed by atoms with Crippen molar-refractivity contribution < 1.29 is 42.5 Å². The summed E-state index contributed by atoms with van der Waals surface area (Å²) in [6.45, 7) is 0. The molecule has 9 heteroatoms. The van der Waals surface area contributed by atoms with Gasteiger partial charge in [-0.3, -0.25) is 0 Å². The summed E-state index contributed by atoms with van der Waals surface area (Å²) < 4.78 is 33.1. The first-order chi connectivity index (χ1) is 9.38. The number of azo groups is 1. The number of hydrogen-bond acceptors (Lipinski definition) is 7. The van der Waals surface area contributed by atoms with E-state index in [1.807, 2.05) is 6.07 Å². The van der Waals surface area contributed by atoms with Crippen LogP contribution in [0.1, 0.15) is 0 Å². The van der Waals surface area contributed by atoms with Crippen molar-refractivity contribution in [3.05, 3.63) is 42.5 Å². The first-order valence-corrected chi connectivity index (χ1v) is 6.90. The van der Waals surface area contributed by atoms with Gasteiger partial charge < -0.3 is 16.0 Å².